The van der Waals surface area contributed by atoms with Crippen LogP contribution in [-0.4, -0.2) is 57.0 Å². The predicted octanol–water partition coefficient (Wildman–Crippen LogP) is 2.53. The lowest BCUT2D eigenvalue weighted by molar-refractivity contribution is -0.141. The third-order valence-corrected chi connectivity index (χ3v) is 7.19. The second-order valence-electron chi connectivity index (χ2n) is 8.56. The van der Waals surface area contributed by atoms with E-state index in [9.17, 15) is 22.8 Å². The van der Waals surface area contributed by atoms with Gasteiger partial charge in [-0.05, 0) is 56.3 Å². The molecule has 3 aromatic rings. The van der Waals surface area contributed by atoms with Crippen LogP contribution in [0, 0.1) is 13.8 Å². The molecule has 4 rings (SSSR count). The number of anilines is 1. The standard InChI is InChI=1S/C26H27N3O8S/c1-16-12-22(17(2)29(16)20-6-9-24-25(13-20)36-11-10-35-24)23(31)15-37-26(32)14-27-38(33,34)21-7-4-19(5-8-21)28-18(3)30/h4-9,12-13,27H,10-11,14-15H2,1-3H3,(H,28,30). The fraction of sp³-hybridized carbons (Fsp3) is 0.269. The summed E-state index contributed by atoms with van der Waals surface area (Å²) in [6.07, 6.45) is 0. The Labute approximate surface area is 219 Å². The Morgan fingerprint density at radius 1 is 0.974 bits per heavy atom. The van der Waals surface area contributed by atoms with Gasteiger partial charge in [0.25, 0.3) is 0 Å². The molecule has 2 N–H and O–H groups in total. The summed E-state index contributed by atoms with van der Waals surface area (Å²) in [5, 5.41) is 2.53. The van der Waals surface area contributed by atoms with Crippen molar-refractivity contribution < 1.29 is 37.0 Å². The number of nitrogens with one attached hydrogen (secondary N) is 2. The van der Waals surface area contributed by atoms with Gasteiger partial charge in [-0.15, -0.1) is 0 Å². The van der Waals surface area contributed by atoms with Crippen molar-refractivity contribution in [1.29, 1.82) is 0 Å². The molecule has 12 heteroatoms. The van der Waals surface area contributed by atoms with Crippen LogP contribution in [0.1, 0.15) is 28.7 Å². The first-order valence-electron chi connectivity index (χ1n) is 11.7. The van der Waals surface area contributed by atoms with Gasteiger partial charge in [0.1, 0.15) is 19.8 Å². The molecule has 11 nitrogen and oxygen atoms in total. The zero-order valence-electron chi connectivity index (χ0n) is 21.1. The normalized spacial score (nSPS) is 12.6. The molecule has 0 fully saturated rings. The monoisotopic (exact) mass is 541 g/mol. The second-order valence-corrected chi connectivity index (χ2v) is 10.3. The number of aryl methyl sites for hydroxylation is 1. The number of fused-ring (bicyclic) bond motifs is 1. The summed E-state index contributed by atoms with van der Waals surface area (Å²) in [5.74, 6) is -0.345. The minimum atomic E-state index is -4.01. The van der Waals surface area contributed by atoms with Crippen LogP contribution in [0.15, 0.2) is 53.4 Å². The van der Waals surface area contributed by atoms with E-state index in [1.807, 2.05) is 29.7 Å². The topological polar surface area (TPSA) is 142 Å². The SMILES string of the molecule is CC(=O)Nc1ccc(S(=O)(=O)NCC(=O)OCC(=O)c2cc(C)n(-c3ccc4c(c3)OCCO4)c2C)cc1. The number of carbonyl (C=O) groups is 3. The van der Waals surface area contributed by atoms with E-state index in [2.05, 4.69) is 10.0 Å². The minimum Gasteiger partial charge on any atom is -0.486 e. The summed E-state index contributed by atoms with van der Waals surface area (Å²) in [6, 6.07) is 12.6. The number of sulfonamides is 1. The number of amides is 1. The average Bonchev–Trinajstić information content (AvgIpc) is 3.19. The van der Waals surface area contributed by atoms with Gasteiger partial charge < -0.3 is 24.1 Å². The number of ketones is 1. The minimum absolute atomic E-state index is 0.0953. The van der Waals surface area contributed by atoms with Gasteiger partial charge in [-0.1, -0.05) is 0 Å². The molecule has 1 aromatic heterocycles. The van der Waals surface area contributed by atoms with E-state index >= 15 is 0 Å². The van der Waals surface area contributed by atoms with Gasteiger partial charge in [-0.25, -0.2) is 8.42 Å². The van der Waals surface area contributed by atoms with Gasteiger partial charge in [0, 0.05) is 41.3 Å². The molecule has 0 aliphatic carbocycles. The first-order chi connectivity index (χ1) is 18.0. The van der Waals surface area contributed by atoms with Crippen LogP contribution in [0.2, 0.25) is 0 Å². The number of benzene rings is 2. The number of aromatic nitrogens is 1. The van der Waals surface area contributed by atoms with E-state index < -0.39 is 34.9 Å². The Kier molecular flexibility index (Phi) is 7.83. The fourth-order valence-electron chi connectivity index (χ4n) is 4.05. The molecule has 0 saturated heterocycles. The van der Waals surface area contributed by atoms with E-state index in [0.717, 1.165) is 11.4 Å². The third kappa shape index (κ3) is 6.03. The Hall–Kier alpha value is -4.16. The van der Waals surface area contributed by atoms with Crippen molar-refractivity contribution in [1.82, 2.24) is 9.29 Å². The van der Waals surface area contributed by atoms with Crippen LogP contribution in [0.25, 0.3) is 5.69 Å². The third-order valence-electron chi connectivity index (χ3n) is 5.77. The van der Waals surface area contributed by atoms with Crippen LogP contribution < -0.4 is 19.5 Å². The molecule has 1 aliphatic rings. The summed E-state index contributed by atoms with van der Waals surface area (Å²) in [7, 11) is -4.01. The highest BCUT2D eigenvalue weighted by atomic mass is 32.2. The molecule has 2 heterocycles. The number of Topliss-reactive ketones (excluding diaryl/α,β-unsaturated/α-hetero) is 1. The Morgan fingerprint density at radius 2 is 1.66 bits per heavy atom. The van der Waals surface area contributed by atoms with Crippen molar-refractivity contribution in [3.63, 3.8) is 0 Å². The number of esters is 1. The van der Waals surface area contributed by atoms with Crippen LogP contribution in [0.5, 0.6) is 11.5 Å². The van der Waals surface area contributed by atoms with Gasteiger partial charge in [0.2, 0.25) is 21.7 Å². The van der Waals surface area contributed by atoms with E-state index in [1.54, 1.807) is 13.0 Å². The summed E-state index contributed by atoms with van der Waals surface area (Å²) in [6.45, 7) is 4.71. The van der Waals surface area contributed by atoms with Crippen molar-refractivity contribution >= 4 is 33.4 Å². The number of carbonyl (C=O) groups excluding carboxylic acids is 3. The quantitative estimate of drug-likeness (QED) is 0.311. The molecule has 0 spiro atoms. The highest BCUT2D eigenvalue weighted by Crippen LogP contribution is 2.33. The van der Waals surface area contributed by atoms with Gasteiger partial charge in [-0.2, -0.15) is 4.72 Å². The Balaban J connectivity index is 1.35. The Morgan fingerprint density at radius 3 is 2.34 bits per heavy atom. The average molecular weight is 542 g/mol. The maximum Gasteiger partial charge on any atom is 0.321 e. The van der Waals surface area contributed by atoms with Crippen LogP contribution in [0.3, 0.4) is 0 Å². The number of rotatable bonds is 9. The van der Waals surface area contributed by atoms with Gasteiger partial charge in [0.05, 0.1) is 4.90 Å². The molecule has 2 aromatic carbocycles. The number of hydrogen-bond donors (Lipinski definition) is 2. The number of hydrogen-bond acceptors (Lipinski definition) is 8. The molecule has 38 heavy (non-hydrogen) atoms. The molecule has 0 radical (unpaired) electrons. The van der Waals surface area contributed by atoms with Gasteiger partial charge >= 0.3 is 5.97 Å². The number of nitrogens with zero attached hydrogens (tertiary/aromatic N) is 1. The maximum atomic E-state index is 12.8. The molecule has 0 bridgehead atoms. The van der Waals surface area contributed by atoms with Gasteiger partial charge in [-0.3, -0.25) is 14.4 Å². The molecule has 0 atom stereocenters. The molecule has 200 valence electrons. The predicted molar refractivity (Wildman–Crippen MR) is 137 cm³/mol. The Bertz CT molecular complexity index is 1490. The zero-order valence-corrected chi connectivity index (χ0v) is 21.9. The van der Waals surface area contributed by atoms with Crippen molar-refractivity contribution in [3.8, 4) is 17.2 Å². The summed E-state index contributed by atoms with van der Waals surface area (Å²) >= 11 is 0. The molecule has 0 unspecified atom stereocenters. The highest BCUT2D eigenvalue weighted by Gasteiger charge is 2.21. The fourth-order valence-corrected chi connectivity index (χ4v) is 5.02. The van der Waals surface area contributed by atoms with Gasteiger partial charge in [0.15, 0.2) is 18.1 Å². The number of ether oxygens (including phenoxy) is 3. The molecule has 0 saturated carbocycles. The largest absolute Gasteiger partial charge is 0.486 e. The summed E-state index contributed by atoms with van der Waals surface area (Å²) in [4.78, 5) is 36.0. The van der Waals surface area contributed by atoms with E-state index in [0.29, 0.717) is 41.7 Å². The van der Waals surface area contributed by atoms with Crippen molar-refractivity contribution in [2.24, 2.45) is 0 Å². The van der Waals surface area contributed by atoms with Crippen molar-refractivity contribution in [3.05, 3.63) is 65.5 Å². The molecule has 1 amide bonds. The lowest BCUT2D eigenvalue weighted by Gasteiger charge is -2.20. The first-order valence-corrected chi connectivity index (χ1v) is 13.2. The van der Waals surface area contributed by atoms with E-state index in [-0.39, 0.29) is 10.8 Å². The summed E-state index contributed by atoms with van der Waals surface area (Å²) in [5.41, 5.74) is 3.06. The highest BCUT2D eigenvalue weighted by molar-refractivity contribution is 7.89. The van der Waals surface area contributed by atoms with E-state index in [1.165, 1.54) is 31.2 Å². The lowest BCUT2D eigenvalue weighted by atomic mass is 10.1. The summed E-state index contributed by atoms with van der Waals surface area (Å²) < 4.78 is 45.2. The second kappa shape index (κ2) is 11.1. The maximum absolute atomic E-state index is 12.8. The van der Waals surface area contributed by atoms with Crippen molar-refractivity contribution in [2.75, 3.05) is 31.7 Å². The molecular weight excluding hydrogens is 514 g/mol. The van der Waals surface area contributed by atoms with Crippen LogP contribution >= 0.6 is 0 Å². The van der Waals surface area contributed by atoms with E-state index in [4.69, 9.17) is 14.2 Å². The van der Waals surface area contributed by atoms with Crippen LogP contribution in [0.4, 0.5) is 5.69 Å². The molecule has 1 aliphatic heterocycles. The zero-order chi connectivity index (χ0) is 27.4. The first kappa shape index (κ1) is 26.9. The van der Waals surface area contributed by atoms with Crippen molar-refractivity contribution in [2.45, 2.75) is 25.7 Å². The smallest absolute Gasteiger partial charge is 0.321 e. The van der Waals surface area contributed by atoms with Crippen LogP contribution in [-0.2, 0) is 24.3 Å². The lowest BCUT2D eigenvalue weighted by Crippen LogP contribution is -2.31. The molecular formula is C26H27N3O8S.